The lowest BCUT2D eigenvalue weighted by Gasteiger charge is -2.15. The molecule has 25 heavy (non-hydrogen) atoms. The number of rotatable bonds is 3. The summed E-state index contributed by atoms with van der Waals surface area (Å²) in [7, 11) is 0. The Balaban J connectivity index is 1.53. The van der Waals surface area contributed by atoms with Crippen molar-refractivity contribution in [3.63, 3.8) is 0 Å². The number of fused-ring (bicyclic) bond motifs is 1. The van der Waals surface area contributed by atoms with Crippen molar-refractivity contribution in [2.24, 2.45) is 0 Å². The molecule has 0 spiro atoms. The fourth-order valence-electron chi connectivity index (χ4n) is 3.62. The van der Waals surface area contributed by atoms with E-state index >= 15 is 0 Å². The van der Waals surface area contributed by atoms with E-state index in [1.54, 1.807) is 4.90 Å². The lowest BCUT2D eigenvalue weighted by Crippen LogP contribution is -2.29. The van der Waals surface area contributed by atoms with Gasteiger partial charge in [-0.2, -0.15) is 5.21 Å². The molecule has 1 aromatic carbocycles. The molecule has 0 saturated carbocycles. The van der Waals surface area contributed by atoms with E-state index in [0.29, 0.717) is 24.5 Å². The molecule has 2 heterocycles. The predicted molar refractivity (Wildman–Crippen MR) is 92.7 cm³/mol. The minimum absolute atomic E-state index is 0.166. The first kappa shape index (κ1) is 16.1. The van der Waals surface area contributed by atoms with Crippen molar-refractivity contribution in [1.29, 1.82) is 0 Å². The van der Waals surface area contributed by atoms with Crippen LogP contribution < -0.4 is 5.32 Å². The minimum Gasteiger partial charge on any atom is -0.337 e. The van der Waals surface area contributed by atoms with Crippen LogP contribution in [0.3, 0.4) is 0 Å². The van der Waals surface area contributed by atoms with Crippen molar-refractivity contribution in [2.75, 3.05) is 18.4 Å². The summed E-state index contributed by atoms with van der Waals surface area (Å²) in [6, 6.07) is 5.62. The molecule has 4 rings (SSSR count). The third kappa shape index (κ3) is 2.89. The smallest absolute Gasteiger partial charge is 0.278 e. The van der Waals surface area contributed by atoms with E-state index < -0.39 is 0 Å². The van der Waals surface area contributed by atoms with Gasteiger partial charge in [-0.1, -0.05) is 23.7 Å². The zero-order valence-corrected chi connectivity index (χ0v) is 14.3. The first-order valence-corrected chi connectivity index (χ1v) is 8.81. The number of aromatic amines is 1. The highest BCUT2D eigenvalue weighted by Gasteiger charge is 2.32. The van der Waals surface area contributed by atoms with Gasteiger partial charge in [0.15, 0.2) is 11.5 Å². The molecule has 1 fully saturated rings. The molecule has 1 atom stereocenters. The molecule has 7 nitrogen and oxygen atoms in total. The number of hydrogen-bond donors (Lipinski definition) is 2. The summed E-state index contributed by atoms with van der Waals surface area (Å²) in [5.74, 6) is -0.487. The van der Waals surface area contributed by atoms with Gasteiger partial charge in [0.1, 0.15) is 0 Å². The van der Waals surface area contributed by atoms with Crippen molar-refractivity contribution in [2.45, 2.75) is 31.6 Å². The average Bonchev–Trinajstić information content (AvgIpc) is 3.35. The highest BCUT2D eigenvalue weighted by Crippen LogP contribution is 2.37. The van der Waals surface area contributed by atoms with Gasteiger partial charge in [0.2, 0.25) is 5.91 Å². The van der Waals surface area contributed by atoms with E-state index in [1.165, 1.54) is 0 Å². The third-order valence-corrected chi connectivity index (χ3v) is 5.27. The van der Waals surface area contributed by atoms with Crippen LogP contribution in [0, 0.1) is 0 Å². The Morgan fingerprint density at radius 1 is 1.24 bits per heavy atom. The first-order chi connectivity index (χ1) is 12.1. The highest BCUT2D eigenvalue weighted by molar-refractivity contribution is 6.31. The molecule has 1 aliphatic carbocycles. The van der Waals surface area contributed by atoms with Gasteiger partial charge >= 0.3 is 0 Å². The number of carbonyl (C=O) groups excluding carboxylic acids is 2. The summed E-state index contributed by atoms with van der Waals surface area (Å²) in [4.78, 5) is 27.0. The number of benzene rings is 1. The van der Waals surface area contributed by atoms with Gasteiger partial charge in [0, 0.05) is 18.1 Å². The van der Waals surface area contributed by atoms with Crippen LogP contribution in [0.15, 0.2) is 18.2 Å². The van der Waals surface area contributed by atoms with Crippen LogP contribution in [0.5, 0.6) is 0 Å². The topological polar surface area (TPSA) is 91.0 Å². The standard InChI is InChI=1S/C17H18ClN5O2/c18-13-5-3-4-10-11(13)6-7-12(10)16(24)19-15-14(20-22-21-15)17(25)23-8-1-2-9-23/h3-5,12H,1-2,6-9H2,(H2,19,20,21,22,24). The number of amides is 2. The molecule has 1 unspecified atom stereocenters. The Hall–Kier alpha value is -2.41. The predicted octanol–water partition coefficient (Wildman–Crippen LogP) is 2.36. The van der Waals surface area contributed by atoms with Crippen LogP contribution in [-0.2, 0) is 11.2 Å². The molecule has 1 saturated heterocycles. The average molecular weight is 360 g/mol. The number of carbonyl (C=O) groups is 2. The van der Waals surface area contributed by atoms with Crippen LogP contribution in [0.2, 0.25) is 5.02 Å². The van der Waals surface area contributed by atoms with E-state index in [-0.39, 0.29) is 29.2 Å². The van der Waals surface area contributed by atoms with Crippen molar-refractivity contribution in [3.05, 3.63) is 40.0 Å². The number of anilines is 1. The molecule has 130 valence electrons. The number of aromatic nitrogens is 3. The van der Waals surface area contributed by atoms with Crippen LogP contribution >= 0.6 is 11.6 Å². The van der Waals surface area contributed by atoms with E-state index in [2.05, 4.69) is 20.7 Å². The summed E-state index contributed by atoms with van der Waals surface area (Å²) in [6.45, 7) is 1.43. The second kappa shape index (κ2) is 6.48. The Morgan fingerprint density at radius 3 is 2.84 bits per heavy atom. The maximum Gasteiger partial charge on any atom is 0.278 e. The molecular weight excluding hydrogens is 342 g/mol. The molecule has 2 aliphatic rings. The largest absolute Gasteiger partial charge is 0.337 e. The lowest BCUT2D eigenvalue weighted by atomic mass is 10.0. The Morgan fingerprint density at radius 2 is 2.04 bits per heavy atom. The fourth-order valence-corrected chi connectivity index (χ4v) is 3.90. The summed E-state index contributed by atoms with van der Waals surface area (Å²) in [5.41, 5.74) is 2.14. The molecule has 2 N–H and O–H groups in total. The van der Waals surface area contributed by atoms with E-state index in [9.17, 15) is 9.59 Å². The maximum atomic E-state index is 12.7. The van der Waals surface area contributed by atoms with E-state index in [1.807, 2.05) is 18.2 Å². The van der Waals surface area contributed by atoms with Gasteiger partial charge in [-0.05, 0) is 42.9 Å². The quantitative estimate of drug-likeness (QED) is 0.880. The van der Waals surface area contributed by atoms with Crippen molar-refractivity contribution >= 4 is 29.2 Å². The molecule has 1 aromatic heterocycles. The summed E-state index contributed by atoms with van der Waals surface area (Å²) in [5, 5.41) is 13.8. The lowest BCUT2D eigenvalue weighted by molar-refractivity contribution is -0.117. The molecule has 0 radical (unpaired) electrons. The number of likely N-dealkylation sites (tertiary alicyclic amines) is 1. The van der Waals surface area contributed by atoms with E-state index in [0.717, 1.165) is 30.4 Å². The number of hydrogen-bond acceptors (Lipinski definition) is 4. The Bertz CT molecular complexity index is 828. The number of H-pyrrole nitrogens is 1. The number of halogens is 1. The highest BCUT2D eigenvalue weighted by atomic mass is 35.5. The first-order valence-electron chi connectivity index (χ1n) is 8.43. The second-order valence-electron chi connectivity index (χ2n) is 6.41. The molecular formula is C17H18ClN5O2. The monoisotopic (exact) mass is 359 g/mol. The van der Waals surface area contributed by atoms with Crippen LogP contribution in [0.25, 0.3) is 0 Å². The Kier molecular flexibility index (Phi) is 4.17. The van der Waals surface area contributed by atoms with Gasteiger partial charge < -0.3 is 10.2 Å². The van der Waals surface area contributed by atoms with Crippen LogP contribution in [-0.4, -0.2) is 45.2 Å². The van der Waals surface area contributed by atoms with Gasteiger partial charge in [0.25, 0.3) is 5.91 Å². The summed E-state index contributed by atoms with van der Waals surface area (Å²) < 4.78 is 0. The van der Waals surface area contributed by atoms with Gasteiger partial charge in [-0.15, -0.1) is 10.2 Å². The number of nitrogens with zero attached hydrogens (tertiary/aromatic N) is 3. The molecule has 1 aliphatic heterocycles. The van der Waals surface area contributed by atoms with Crippen LogP contribution in [0.1, 0.15) is 46.8 Å². The second-order valence-corrected chi connectivity index (χ2v) is 6.82. The molecule has 2 amide bonds. The summed E-state index contributed by atoms with van der Waals surface area (Å²) >= 11 is 6.21. The van der Waals surface area contributed by atoms with Crippen LogP contribution in [0.4, 0.5) is 5.82 Å². The van der Waals surface area contributed by atoms with E-state index in [4.69, 9.17) is 11.6 Å². The number of nitrogens with one attached hydrogen (secondary N) is 2. The fraction of sp³-hybridized carbons (Fsp3) is 0.412. The minimum atomic E-state index is -0.292. The van der Waals surface area contributed by atoms with Gasteiger partial charge in [0.05, 0.1) is 5.92 Å². The van der Waals surface area contributed by atoms with Crippen molar-refractivity contribution in [1.82, 2.24) is 20.3 Å². The Labute approximate surface area is 149 Å². The van der Waals surface area contributed by atoms with Crippen molar-refractivity contribution in [3.8, 4) is 0 Å². The van der Waals surface area contributed by atoms with Crippen molar-refractivity contribution < 1.29 is 9.59 Å². The molecule has 0 bridgehead atoms. The zero-order valence-electron chi connectivity index (χ0n) is 13.6. The van der Waals surface area contributed by atoms with Gasteiger partial charge in [-0.3, -0.25) is 9.59 Å². The molecule has 2 aromatic rings. The normalized spacial score (nSPS) is 19.1. The third-order valence-electron chi connectivity index (χ3n) is 4.92. The SMILES string of the molecule is O=C(Nc1n[nH]nc1C(=O)N1CCCC1)C1CCc2c(Cl)cccc21. The summed E-state index contributed by atoms with van der Waals surface area (Å²) in [6.07, 6.45) is 3.44. The van der Waals surface area contributed by atoms with Gasteiger partial charge in [-0.25, -0.2) is 0 Å². The maximum absolute atomic E-state index is 12.7. The molecule has 8 heteroatoms. The zero-order chi connectivity index (χ0) is 17.4.